The van der Waals surface area contributed by atoms with Gasteiger partial charge in [-0.2, -0.15) is 11.8 Å². The zero-order valence-electron chi connectivity index (χ0n) is 8.90. The largest absolute Gasteiger partial charge is 0.312 e. The van der Waals surface area contributed by atoms with Crippen LogP contribution in [0.4, 0.5) is 5.69 Å². The van der Waals surface area contributed by atoms with Crippen molar-refractivity contribution in [1.29, 1.82) is 0 Å². The van der Waals surface area contributed by atoms with Gasteiger partial charge in [-0.25, -0.2) is 0 Å². The Morgan fingerprint density at radius 3 is 2.94 bits per heavy atom. The SMILES string of the molecule is CSCCNCc1cccc([N+](=O)[O-])c1Br. The van der Waals surface area contributed by atoms with Gasteiger partial charge in [0.15, 0.2) is 0 Å². The maximum Gasteiger partial charge on any atom is 0.283 e. The third kappa shape index (κ3) is 3.77. The van der Waals surface area contributed by atoms with E-state index in [1.165, 1.54) is 6.07 Å². The fourth-order valence-corrected chi connectivity index (χ4v) is 2.14. The van der Waals surface area contributed by atoms with Gasteiger partial charge in [0, 0.05) is 24.9 Å². The lowest BCUT2D eigenvalue weighted by Crippen LogP contribution is -2.16. The summed E-state index contributed by atoms with van der Waals surface area (Å²) >= 11 is 5.03. The van der Waals surface area contributed by atoms with E-state index in [1.54, 1.807) is 17.8 Å². The molecule has 1 aromatic rings. The first-order valence-electron chi connectivity index (χ1n) is 4.78. The predicted octanol–water partition coefficient (Wildman–Crippen LogP) is 2.81. The van der Waals surface area contributed by atoms with Crippen molar-refractivity contribution in [3.8, 4) is 0 Å². The van der Waals surface area contributed by atoms with Gasteiger partial charge in [-0.1, -0.05) is 12.1 Å². The Kier molecular flexibility index (Phi) is 5.79. The maximum absolute atomic E-state index is 10.7. The van der Waals surface area contributed by atoms with Crippen molar-refractivity contribution in [3.63, 3.8) is 0 Å². The van der Waals surface area contributed by atoms with Crippen LogP contribution in [0, 0.1) is 10.1 Å². The first kappa shape index (κ1) is 13.5. The van der Waals surface area contributed by atoms with E-state index in [9.17, 15) is 10.1 Å². The highest BCUT2D eigenvalue weighted by molar-refractivity contribution is 9.10. The quantitative estimate of drug-likeness (QED) is 0.499. The van der Waals surface area contributed by atoms with E-state index in [1.807, 2.05) is 12.3 Å². The molecule has 0 aliphatic carbocycles. The molecule has 0 spiro atoms. The smallest absolute Gasteiger partial charge is 0.283 e. The van der Waals surface area contributed by atoms with Gasteiger partial charge in [0.1, 0.15) is 0 Å². The van der Waals surface area contributed by atoms with E-state index in [2.05, 4.69) is 21.2 Å². The van der Waals surface area contributed by atoms with Crippen LogP contribution in [0.1, 0.15) is 5.56 Å². The van der Waals surface area contributed by atoms with Gasteiger partial charge in [0.05, 0.1) is 9.40 Å². The molecule has 1 rings (SSSR count). The molecule has 1 aromatic carbocycles. The lowest BCUT2D eigenvalue weighted by atomic mass is 10.2. The van der Waals surface area contributed by atoms with Crippen molar-refractivity contribution in [2.24, 2.45) is 0 Å². The van der Waals surface area contributed by atoms with Crippen LogP contribution < -0.4 is 5.32 Å². The molecule has 0 saturated heterocycles. The summed E-state index contributed by atoms with van der Waals surface area (Å²) in [7, 11) is 0. The van der Waals surface area contributed by atoms with E-state index in [0.717, 1.165) is 17.9 Å². The number of rotatable bonds is 6. The lowest BCUT2D eigenvalue weighted by Gasteiger charge is -2.06. The van der Waals surface area contributed by atoms with Gasteiger partial charge >= 0.3 is 0 Å². The summed E-state index contributed by atoms with van der Waals surface area (Å²) < 4.78 is 0.566. The van der Waals surface area contributed by atoms with E-state index in [4.69, 9.17) is 0 Å². The number of hydrogen-bond acceptors (Lipinski definition) is 4. The van der Waals surface area contributed by atoms with Crippen LogP contribution in [0.15, 0.2) is 22.7 Å². The highest BCUT2D eigenvalue weighted by atomic mass is 79.9. The van der Waals surface area contributed by atoms with Gasteiger partial charge in [0.2, 0.25) is 0 Å². The Morgan fingerprint density at radius 2 is 2.31 bits per heavy atom. The fraction of sp³-hybridized carbons (Fsp3) is 0.400. The molecule has 0 radical (unpaired) electrons. The van der Waals surface area contributed by atoms with Crippen molar-refractivity contribution >= 4 is 33.4 Å². The van der Waals surface area contributed by atoms with Crippen LogP contribution in [0.2, 0.25) is 0 Å². The zero-order chi connectivity index (χ0) is 12.0. The molecule has 0 unspecified atom stereocenters. The van der Waals surface area contributed by atoms with Crippen LogP contribution in [0.3, 0.4) is 0 Å². The number of nitro groups is 1. The molecule has 0 aliphatic heterocycles. The molecule has 0 bridgehead atoms. The zero-order valence-corrected chi connectivity index (χ0v) is 11.3. The molecule has 0 heterocycles. The molecule has 0 amide bonds. The minimum Gasteiger partial charge on any atom is -0.312 e. The van der Waals surface area contributed by atoms with Crippen molar-refractivity contribution in [2.75, 3.05) is 18.6 Å². The van der Waals surface area contributed by atoms with E-state index in [-0.39, 0.29) is 10.6 Å². The number of halogens is 1. The molecule has 6 heteroatoms. The number of thioether (sulfide) groups is 1. The van der Waals surface area contributed by atoms with Crippen molar-refractivity contribution in [2.45, 2.75) is 6.54 Å². The van der Waals surface area contributed by atoms with Crippen LogP contribution in [-0.2, 0) is 6.54 Å². The highest BCUT2D eigenvalue weighted by Gasteiger charge is 2.13. The monoisotopic (exact) mass is 304 g/mol. The topological polar surface area (TPSA) is 55.2 Å². The molecule has 0 aromatic heterocycles. The van der Waals surface area contributed by atoms with E-state index >= 15 is 0 Å². The summed E-state index contributed by atoms with van der Waals surface area (Å²) in [4.78, 5) is 10.3. The van der Waals surface area contributed by atoms with Gasteiger partial charge in [-0.3, -0.25) is 10.1 Å². The highest BCUT2D eigenvalue weighted by Crippen LogP contribution is 2.27. The molecule has 0 fully saturated rings. The number of hydrogen-bond donors (Lipinski definition) is 1. The second-order valence-electron chi connectivity index (χ2n) is 3.18. The number of nitrogens with zero attached hydrogens (tertiary/aromatic N) is 1. The Bertz CT molecular complexity index is 374. The Balaban J connectivity index is 2.66. The molecule has 0 saturated carbocycles. The van der Waals surface area contributed by atoms with E-state index < -0.39 is 0 Å². The summed E-state index contributed by atoms with van der Waals surface area (Å²) in [5.74, 6) is 1.03. The second-order valence-corrected chi connectivity index (χ2v) is 4.96. The number of nitro benzene ring substituents is 1. The van der Waals surface area contributed by atoms with Crippen LogP contribution in [0.5, 0.6) is 0 Å². The predicted molar refractivity (Wildman–Crippen MR) is 70.9 cm³/mol. The summed E-state index contributed by atoms with van der Waals surface area (Å²) in [6, 6.07) is 5.08. The molecule has 0 aliphatic rings. The number of nitrogens with one attached hydrogen (secondary N) is 1. The Labute approximate surface area is 107 Å². The van der Waals surface area contributed by atoms with Crippen molar-refractivity contribution in [3.05, 3.63) is 38.3 Å². The standard InChI is InChI=1S/C10H13BrN2O2S/c1-16-6-5-12-7-8-3-2-4-9(10(8)11)13(14)15/h2-4,12H,5-7H2,1H3. The first-order chi connectivity index (χ1) is 7.66. The van der Waals surface area contributed by atoms with Gasteiger partial charge in [-0.15, -0.1) is 0 Å². The summed E-state index contributed by atoms with van der Waals surface area (Å²) in [5.41, 5.74) is 1.03. The maximum atomic E-state index is 10.7. The molecule has 0 atom stereocenters. The molecule has 4 nitrogen and oxygen atoms in total. The van der Waals surface area contributed by atoms with Crippen molar-refractivity contribution in [1.82, 2.24) is 5.32 Å². The lowest BCUT2D eigenvalue weighted by molar-refractivity contribution is -0.385. The minimum atomic E-state index is -0.379. The molecule has 1 N–H and O–H groups in total. The second kappa shape index (κ2) is 6.88. The van der Waals surface area contributed by atoms with Crippen LogP contribution >= 0.6 is 27.7 Å². The fourth-order valence-electron chi connectivity index (χ4n) is 1.24. The third-order valence-corrected chi connectivity index (χ3v) is 3.58. The average molecular weight is 305 g/mol. The van der Waals surface area contributed by atoms with Gasteiger partial charge < -0.3 is 5.32 Å². The first-order valence-corrected chi connectivity index (χ1v) is 6.97. The van der Waals surface area contributed by atoms with Crippen LogP contribution in [-0.4, -0.2) is 23.5 Å². The summed E-state index contributed by atoms with van der Waals surface area (Å²) in [5, 5.41) is 13.9. The number of benzene rings is 1. The summed E-state index contributed by atoms with van der Waals surface area (Å²) in [6.07, 6.45) is 2.05. The molecule has 88 valence electrons. The van der Waals surface area contributed by atoms with Gasteiger partial charge in [0.25, 0.3) is 5.69 Å². The van der Waals surface area contributed by atoms with Gasteiger partial charge in [-0.05, 0) is 27.7 Å². The van der Waals surface area contributed by atoms with Crippen LogP contribution in [0.25, 0.3) is 0 Å². The molecule has 16 heavy (non-hydrogen) atoms. The Hall–Kier alpha value is -0.590. The normalized spacial score (nSPS) is 10.4. The van der Waals surface area contributed by atoms with Crippen molar-refractivity contribution < 1.29 is 4.92 Å². The third-order valence-electron chi connectivity index (χ3n) is 2.05. The minimum absolute atomic E-state index is 0.115. The summed E-state index contributed by atoms with van der Waals surface area (Å²) in [6.45, 7) is 1.54. The molecular weight excluding hydrogens is 292 g/mol. The molecular formula is C10H13BrN2O2S. The Morgan fingerprint density at radius 1 is 1.56 bits per heavy atom. The van der Waals surface area contributed by atoms with E-state index in [0.29, 0.717) is 11.0 Å². The average Bonchev–Trinajstić information content (AvgIpc) is 2.26.